The van der Waals surface area contributed by atoms with E-state index >= 15 is 0 Å². The van der Waals surface area contributed by atoms with Gasteiger partial charge in [0.1, 0.15) is 34.8 Å². The molecule has 1 saturated carbocycles. The highest BCUT2D eigenvalue weighted by Crippen LogP contribution is 2.35. The topological polar surface area (TPSA) is 80.2 Å². The van der Waals surface area contributed by atoms with Gasteiger partial charge in [0.2, 0.25) is 5.91 Å². The first-order valence-electron chi connectivity index (χ1n) is 9.59. The zero-order chi connectivity index (χ0) is 20.0. The summed E-state index contributed by atoms with van der Waals surface area (Å²) in [6, 6.07) is 4.84. The number of thiazole rings is 1. The monoisotopic (exact) mass is 413 g/mol. The number of halogens is 1. The summed E-state index contributed by atoms with van der Waals surface area (Å²) in [5.41, 5.74) is 2.36. The van der Waals surface area contributed by atoms with Gasteiger partial charge in [-0.3, -0.25) is 4.79 Å². The van der Waals surface area contributed by atoms with E-state index < -0.39 is 0 Å². The summed E-state index contributed by atoms with van der Waals surface area (Å²) in [5, 5.41) is 3.10. The molecule has 0 radical (unpaired) electrons. The van der Waals surface area contributed by atoms with Gasteiger partial charge in [0.15, 0.2) is 0 Å². The summed E-state index contributed by atoms with van der Waals surface area (Å²) in [6.45, 7) is 3.36. The van der Waals surface area contributed by atoms with E-state index in [2.05, 4.69) is 25.2 Å². The summed E-state index contributed by atoms with van der Waals surface area (Å²) in [4.78, 5) is 27.3. The zero-order valence-corrected chi connectivity index (χ0v) is 16.7. The fraction of sp³-hybridized carbons (Fsp3) is 0.400. The van der Waals surface area contributed by atoms with Gasteiger partial charge in [-0.15, -0.1) is 11.3 Å². The van der Waals surface area contributed by atoms with Crippen molar-refractivity contribution in [1.82, 2.24) is 20.3 Å². The van der Waals surface area contributed by atoms with Crippen molar-refractivity contribution in [2.24, 2.45) is 5.92 Å². The lowest BCUT2D eigenvalue weighted by atomic mass is 9.81. The van der Waals surface area contributed by atoms with Crippen molar-refractivity contribution in [3.63, 3.8) is 0 Å². The molecule has 5 rings (SSSR count). The summed E-state index contributed by atoms with van der Waals surface area (Å²) in [6.07, 6.45) is 2.93. The minimum Gasteiger partial charge on any atom is -0.488 e. The maximum atomic E-state index is 13.7. The Morgan fingerprint density at radius 1 is 1.31 bits per heavy atom. The number of carbonyl (C=O) groups is 1. The summed E-state index contributed by atoms with van der Waals surface area (Å²) >= 11 is 1.38. The number of rotatable bonds is 5. The highest BCUT2D eigenvalue weighted by Gasteiger charge is 2.39. The minimum atomic E-state index is -0.334. The van der Waals surface area contributed by atoms with Crippen LogP contribution in [0.4, 0.5) is 10.2 Å². The Balaban J connectivity index is 1.10. The second kappa shape index (κ2) is 7.22. The number of ether oxygens (including phenoxy) is 1. The van der Waals surface area contributed by atoms with E-state index in [1.54, 1.807) is 11.7 Å². The first-order valence-corrected chi connectivity index (χ1v) is 10.5. The van der Waals surface area contributed by atoms with Gasteiger partial charge in [-0.2, -0.15) is 0 Å². The van der Waals surface area contributed by atoms with Crippen molar-refractivity contribution >= 4 is 33.3 Å². The first-order chi connectivity index (χ1) is 14.0. The molecule has 2 fully saturated rings. The SMILES string of the molecule is Cc1nccc(N2CC(NC(=O)[C@H]3C[C@H](Oc4cc(F)cc5scnc45)C3)C2)n1. The average molecular weight is 413 g/mol. The Labute approximate surface area is 170 Å². The number of hydrogen-bond donors (Lipinski definition) is 1. The van der Waals surface area contributed by atoms with Crippen LogP contribution in [0.1, 0.15) is 18.7 Å². The number of carbonyl (C=O) groups excluding carboxylic acids is 1. The lowest BCUT2D eigenvalue weighted by Crippen LogP contribution is -2.61. The smallest absolute Gasteiger partial charge is 0.223 e. The number of fused-ring (bicyclic) bond motifs is 1. The highest BCUT2D eigenvalue weighted by molar-refractivity contribution is 7.16. The van der Waals surface area contributed by atoms with Gasteiger partial charge in [-0.25, -0.2) is 19.3 Å². The maximum Gasteiger partial charge on any atom is 0.223 e. The Bertz CT molecular complexity index is 1060. The Hall–Kier alpha value is -2.81. The van der Waals surface area contributed by atoms with Crippen molar-refractivity contribution in [2.45, 2.75) is 31.9 Å². The zero-order valence-electron chi connectivity index (χ0n) is 15.8. The van der Waals surface area contributed by atoms with Gasteiger partial charge >= 0.3 is 0 Å². The molecule has 0 spiro atoms. The van der Waals surface area contributed by atoms with E-state index in [4.69, 9.17) is 4.74 Å². The molecule has 1 N–H and O–H groups in total. The highest BCUT2D eigenvalue weighted by atomic mass is 32.1. The lowest BCUT2D eigenvalue weighted by Gasteiger charge is -2.42. The lowest BCUT2D eigenvalue weighted by molar-refractivity contribution is -0.131. The summed E-state index contributed by atoms with van der Waals surface area (Å²) in [7, 11) is 0. The fourth-order valence-electron chi connectivity index (χ4n) is 3.74. The van der Waals surface area contributed by atoms with Gasteiger partial charge in [0, 0.05) is 31.3 Å². The standard InChI is InChI=1S/C20H20FN5O2S/c1-11-22-3-2-18(24-11)26-8-14(9-26)25-20(27)12-4-15(5-12)28-16-6-13(21)7-17-19(16)23-10-29-17/h2-3,6-7,10,12,14-15H,4-5,8-9H2,1H3,(H,25,27)/t12-,15-. The molecule has 2 aliphatic rings. The molecule has 7 nitrogen and oxygen atoms in total. The van der Waals surface area contributed by atoms with Crippen LogP contribution in [-0.2, 0) is 4.79 Å². The van der Waals surface area contributed by atoms with Crippen LogP contribution in [0, 0.1) is 18.7 Å². The van der Waals surface area contributed by atoms with E-state index in [1.165, 1.54) is 23.5 Å². The van der Waals surface area contributed by atoms with Crippen molar-refractivity contribution in [1.29, 1.82) is 0 Å². The summed E-state index contributed by atoms with van der Waals surface area (Å²) in [5.74, 6) is 1.76. The third-order valence-electron chi connectivity index (χ3n) is 5.44. The molecule has 3 aromatic rings. The number of nitrogens with one attached hydrogen (secondary N) is 1. The van der Waals surface area contributed by atoms with Crippen molar-refractivity contribution in [3.8, 4) is 5.75 Å². The van der Waals surface area contributed by atoms with E-state index in [-0.39, 0.29) is 29.8 Å². The molecular weight excluding hydrogens is 393 g/mol. The molecule has 2 aromatic heterocycles. The molecule has 3 heterocycles. The largest absolute Gasteiger partial charge is 0.488 e. The molecule has 0 bridgehead atoms. The average Bonchev–Trinajstić information content (AvgIpc) is 3.08. The fourth-order valence-corrected chi connectivity index (χ4v) is 4.46. The molecule has 0 unspecified atom stereocenters. The van der Waals surface area contributed by atoms with Gasteiger partial charge in [-0.05, 0) is 31.9 Å². The van der Waals surface area contributed by atoms with Gasteiger partial charge in [-0.1, -0.05) is 0 Å². The number of hydrogen-bond acceptors (Lipinski definition) is 7. The molecular formula is C20H20FN5O2S. The van der Waals surface area contributed by atoms with Crippen LogP contribution in [0.2, 0.25) is 0 Å². The predicted octanol–water partition coefficient (Wildman–Crippen LogP) is 2.70. The number of amides is 1. The number of aromatic nitrogens is 3. The van der Waals surface area contributed by atoms with Crippen molar-refractivity contribution < 1.29 is 13.9 Å². The normalized spacial score (nSPS) is 21.5. The third-order valence-corrected chi connectivity index (χ3v) is 6.21. The van der Waals surface area contributed by atoms with E-state index in [1.807, 2.05) is 13.0 Å². The van der Waals surface area contributed by atoms with Gasteiger partial charge in [0.25, 0.3) is 0 Å². The van der Waals surface area contributed by atoms with Gasteiger partial charge < -0.3 is 15.0 Å². The molecule has 150 valence electrons. The quantitative estimate of drug-likeness (QED) is 0.693. The van der Waals surface area contributed by atoms with Crippen LogP contribution in [0.5, 0.6) is 5.75 Å². The Morgan fingerprint density at radius 2 is 2.14 bits per heavy atom. The van der Waals surface area contributed by atoms with E-state index in [0.717, 1.165) is 29.4 Å². The third kappa shape index (κ3) is 3.62. The number of benzene rings is 1. The van der Waals surface area contributed by atoms with Gasteiger partial charge in [0.05, 0.1) is 16.3 Å². The van der Waals surface area contributed by atoms with Crippen LogP contribution >= 0.6 is 11.3 Å². The molecule has 9 heteroatoms. The van der Waals surface area contributed by atoms with Crippen LogP contribution in [-0.4, -0.2) is 46.1 Å². The van der Waals surface area contributed by atoms with Crippen molar-refractivity contribution in [3.05, 3.63) is 41.5 Å². The predicted molar refractivity (Wildman–Crippen MR) is 108 cm³/mol. The van der Waals surface area contributed by atoms with E-state index in [0.29, 0.717) is 24.1 Å². The van der Waals surface area contributed by atoms with Crippen LogP contribution in [0.15, 0.2) is 29.9 Å². The number of nitrogens with zero attached hydrogens (tertiary/aromatic N) is 4. The second-order valence-corrected chi connectivity index (χ2v) is 8.47. The minimum absolute atomic E-state index is 0.0603. The second-order valence-electron chi connectivity index (χ2n) is 7.58. The molecule has 0 atom stereocenters. The molecule has 1 saturated heterocycles. The Kier molecular flexibility index (Phi) is 4.54. The molecule has 1 amide bonds. The van der Waals surface area contributed by atoms with Crippen molar-refractivity contribution in [2.75, 3.05) is 18.0 Å². The van der Waals surface area contributed by atoms with Crippen LogP contribution in [0.3, 0.4) is 0 Å². The number of aryl methyl sites for hydroxylation is 1. The first kappa shape index (κ1) is 18.2. The number of anilines is 1. The molecule has 1 aliphatic heterocycles. The molecule has 29 heavy (non-hydrogen) atoms. The van der Waals surface area contributed by atoms with Crippen LogP contribution < -0.4 is 15.0 Å². The Morgan fingerprint density at radius 3 is 2.93 bits per heavy atom. The maximum absolute atomic E-state index is 13.7. The molecule has 1 aromatic carbocycles. The van der Waals surface area contributed by atoms with E-state index in [9.17, 15) is 9.18 Å². The summed E-state index contributed by atoms with van der Waals surface area (Å²) < 4.78 is 20.4. The molecule has 1 aliphatic carbocycles. The van der Waals surface area contributed by atoms with Crippen LogP contribution in [0.25, 0.3) is 10.2 Å².